The molecule has 0 saturated carbocycles. The van der Waals surface area contributed by atoms with E-state index in [4.69, 9.17) is 17.5 Å². The van der Waals surface area contributed by atoms with Crippen molar-refractivity contribution in [3.05, 3.63) is 243 Å². The van der Waals surface area contributed by atoms with Gasteiger partial charge >= 0.3 is 308 Å². The zero-order chi connectivity index (χ0) is 38.4. The van der Waals surface area contributed by atoms with E-state index in [2.05, 4.69) is 243 Å². The Bertz CT molecular complexity index is 1930. The van der Waals surface area contributed by atoms with Gasteiger partial charge in [0.05, 0.1) is 0 Å². The van der Waals surface area contributed by atoms with Crippen LogP contribution in [0, 0.1) is 0 Å². The minimum atomic E-state index is -5.17. The molecule has 0 unspecified atom stereocenters. The monoisotopic (exact) mass is 954 g/mol. The summed E-state index contributed by atoms with van der Waals surface area (Å²) in [6.07, 6.45) is 0. The van der Waals surface area contributed by atoms with Crippen LogP contribution in [0.15, 0.2) is 243 Å². The molecule has 0 heterocycles. The maximum atomic E-state index is 8.52. The maximum absolute atomic E-state index is 8.52. The van der Waals surface area contributed by atoms with E-state index in [0.717, 1.165) is 0 Å². The summed E-state index contributed by atoms with van der Waals surface area (Å²) in [6.45, 7) is 0. The van der Waals surface area contributed by atoms with Crippen molar-refractivity contribution in [3.8, 4) is 0 Å². The Balaban J connectivity index is 0.000000167. The molecule has 0 aliphatic rings. The van der Waals surface area contributed by atoms with Gasteiger partial charge in [-0.3, -0.25) is 8.42 Å². The SMILES string of the molecule is O=S(=O)([O-])[O-].c1cc[c]([Sb+]([c]2ccccc2)([c]2ccccc2)[c]2ccccc2)cc1.c1cc[c]([Sb+]([c]2ccccc2)([c]2ccccc2)[c]2ccccc2)cc1. The van der Waals surface area contributed by atoms with Gasteiger partial charge in [-0.15, -0.1) is 0 Å². The predicted molar refractivity (Wildman–Crippen MR) is 231 cm³/mol. The summed E-state index contributed by atoms with van der Waals surface area (Å²) < 4.78 is 45.9. The van der Waals surface area contributed by atoms with Crippen molar-refractivity contribution in [3.63, 3.8) is 0 Å². The molecule has 0 fully saturated rings. The van der Waals surface area contributed by atoms with Gasteiger partial charge in [0.2, 0.25) is 0 Å². The van der Waals surface area contributed by atoms with Crippen LogP contribution < -0.4 is 28.1 Å². The Hall–Kier alpha value is -4.73. The van der Waals surface area contributed by atoms with Gasteiger partial charge in [-0.2, -0.15) is 0 Å². The first kappa shape index (κ1) is 39.9. The second-order valence-corrected chi connectivity index (χ2v) is 32.7. The van der Waals surface area contributed by atoms with Gasteiger partial charge in [-0.05, 0) is 0 Å². The molecule has 0 spiro atoms. The van der Waals surface area contributed by atoms with Crippen LogP contribution in [0.1, 0.15) is 0 Å². The van der Waals surface area contributed by atoms with E-state index >= 15 is 0 Å². The van der Waals surface area contributed by atoms with Crippen LogP contribution in [0.3, 0.4) is 0 Å². The Morgan fingerprint density at radius 3 is 0.418 bits per heavy atom. The number of rotatable bonds is 8. The van der Waals surface area contributed by atoms with Crippen LogP contribution in [-0.4, -0.2) is 55.1 Å². The number of benzene rings is 8. The van der Waals surface area contributed by atoms with Crippen molar-refractivity contribution in [1.29, 1.82) is 0 Å². The molecule has 8 aromatic carbocycles. The third kappa shape index (κ3) is 9.57. The molecular weight excluding hydrogens is 916 g/mol. The third-order valence-electron chi connectivity index (χ3n) is 9.15. The van der Waals surface area contributed by atoms with Gasteiger partial charge in [-0.25, -0.2) is 0 Å². The first-order chi connectivity index (χ1) is 26.8. The van der Waals surface area contributed by atoms with E-state index in [1.54, 1.807) is 0 Å². The Morgan fingerprint density at radius 1 is 0.236 bits per heavy atom. The zero-order valence-corrected chi connectivity index (χ0v) is 36.0. The van der Waals surface area contributed by atoms with Crippen LogP contribution in [0.2, 0.25) is 0 Å². The van der Waals surface area contributed by atoms with E-state index in [9.17, 15) is 0 Å². The molecule has 0 aliphatic carbocycles. The summed E-state index contributed by atoms with van der Waals surface area (Å²) in [6, 6.07) is 88.8. The zero-order valence-electron chi connectivity index (χ0n) is 30.0. The fraction of sp³-hybridized carbons (Fsp3) is 0. The van der Waals surface area contributed by atoms with Crippen molar-refractivity contribution >= 4 is 76.1 Å². The summed E-state index contributed by atoms with van der Waals surface area (Å²) in [4.78, 5) is 0. The quantitative estimate of drug-likeness (QED) is 0.125. The van der Waals surface area contributed by atoms with Gasteiger partial charge in [0, 0.05) is 10.4 Å². The minimum absolute atomic E-state index is 1.48. The topological polar surface area (TPSA) is 80.3 Å². The summed E-state index contributed by atoms with van der Waals surface area (Å²) in [5.41, 5.74) is 0. The predicted octanol–water partition coefficient (Wildman–Crippen LogP) is 4.79. The van der Waals surface area contributed by atoms with Gasteiger partial charge in [-0.1, -0.05) is 0 Å². The molecular formula is C48H40O4SSb2. The van der Waals surface area contributed by atoms with Crippen LogP contribution in [0.4, 0.5) is 0 Å². The van der Waals surface area contributed by atoms with Crippen molar-refractivity contribution < 1.29 is 17.5 Å². The van der Waals surface area contributed by atoms with Gasteiger partial charge in [0.15, 0.2) is 0 Å². The second kappa shape index (κ2) is 19.2. The standard InChI is InChI=1S/8C6H5.H2O4S.2Sb/c8*1-2-4-6-5-3-1;1-5(2,3)4;;/h8*1-5H;(H2,1,2,3,4);;/q;;;;;;;;;2*+1/p-2. The molecule has 7 heteroatoms. The molecule has 0 aliphatic heterocycles. The van der Waals surface area contributed by atoms with Gasteiger partial charge in [0.25, 0.3) is 0 Å². The molecule has 4 nitrogen and oxygen atoms in total. The Morgan fingerprint density at radius 2 is 0.327 bits per heavy atom. The van der Waals surface area contributed by atoms with E-state index < -0.39 is 48.0 Å². The van der Waals surface area contributed by atoms with E-state index in [-0.39, 0.29) is 0 Å². The van der Waals surface area contributed by atoms with Gasteiger partial charge in [0.1, 0.15) is 0 Å². The molecule has 0 saturated heterocycles. The molecule has 8 rings (SSSR count). The van der Waals surface area contributed by atoms with E-state index in [1.165, 1.54) is 28.1 Å². The Kier molecular flexibility index (Phi) is 14.0. The van der Waals surface area contributed by atoms with Crippen LogP contribution in [-0.2, 0) is 10.4 Å². The van der Waals surface area contributed by atoms with Crippen LogP contribution in [0.5, 0.6) is 0 Å². The number of hydrogen-bond donors (Lipinski definition) is 0. The summed E-state index contributed by atoms with van der Waals surface area (Å²) in [5.74, 6) is 0. The molecule has 8 aromatic rings. The Labute approximate surface area is 333 Å². The molecule has 55 heavy (non-hydrogen) atoms. The van der Waals surface area contributed by atoms with Crippen molar-refractivity contribution in [2.75, 3.05) is 0 Å². The number of hydrogen-bond acceptors (Lipinski definition) is 4. The summed E-state index contributed by atoms with van der Waals surface area (Å²) in [5, 5.41) is 0. The average molecular weight is 956 g/mol. The van der Waals surface area contributed by atoms with E-state index in [0.29, 0.717) is 0 Å². The summed E-state index contributed by atoms with van der Waals surface area (Å²) in [7, 11) is -5.17. The molecule has 0 amide bonds. The van der Waals surface area contributed by atoms with E-state index in [1.807, 2.05) is 0 Å². The fourth-order valence-corrected chi connectivity index (χ4v) is 31.4. The second-order valence-electron chi connectivity index (χ2n) is 12.4. The molecule has 0 atom stereocenters. The van der Waals surface area contributed by atoms with Crippen LogP contribution in [0.25, 0.3) is 0 Å². The molecule has 0 N–H and O–H groups in total. The molecule has 0 radical (unpaired) electrons. The first-order valence-corrected chi connectivity index (χ1v) is 29.3. The molecule has 272 valence electrons. The summed E-state index contributed by atoms with van der Waals surface area (Å²) >= 11 is -6.33. The average Bonchev–Trinajstić information content (AvgIpc) is 3.24. The van der Waals surface area contributed by atoms with Crippen molar-refractivity contribution in [2.45, 2.75) is 0 Å². The third-order valence-corrected chi connectivity index (χ3v) is 33.6. The van der Waals surface area contributed by atoms with Crippen molar-refractivity contribution in [1.82, 2.24) is 0 Å². The fourth-order valence-electron chi connectivity index (χ4n) is 7.00. The normalized spacial score (nSPS) is 11.2. The van der Waals surface area contributed by atoms with Gasteiger partial charge < -0.3 is 9.11 Å². The first-order valence-electron chi connectivity index (χ1n) is 17.7. The molecule has 0 aromatic heterocycles. The van der Waals surface area contributed by atoms with Crippen molar-refractivity contribution in [2.24, 2.45) is 0 Å². The van der Waals surface area contributed by atoms with Crippen LogP contribution >= 0.6 is 0 Å². The molecule has 0 bridgehead atoms.